The van der Waals surface area contributed by atoms with Crippen LogP contribution in [0.1, 0.15) is 25.3 Å². The smallest absolute Gasteiger partial charge is 0.241 e. The normalized spacial score (nSPS) is 17.2. The van der Waals surface area contributed by atoms with Crippen LogP contribution in [0.3, 0.4) is 0 Å². The number of hydrogen-bond donors (Lipinski definition) is 2. The molecule has 2 aromatic rings. The summed E-state index contributed by atoms with van der Waals surface area (Å²) in [6.07, 6.45) is 2.16. The minimum Gasteiger partial charge on any atom is -0.325 e. The molecule has 0 spiro atoms. The molecule has 0 radical (unpaired) electrons. The van der Waals surface area contributed by atoms with E-state index in [-0.39, 0.29) is 11.9 Å². The van der Waals surface area contributed by atoms with Crippen LogP contribution in [0.25, 0.3) is 0 Å². The van der Waals surface area contributed by atoms with Crippen molar-refractivity contribution in [3.8, 4) is 0 Å². The Labute approximate surface area is 150 Å². The summed E-state index contributed by atoms with van der Waals surface area (Å²) in [4.78, 5) is 14.8. The molecule has 1 atom stereocenters. The summed E-state index contributed by atoms with van der Waals surface area (Å²) in [7, 11) is 0. The molecule has 1 saturated heterocycles. The number of hydrogen-bond acceptors (Lipinski definition) is 3. The summed E-state index contributed by atoms with van der Waals surface area (Å²) in [5.74, 6) is 0.0258. The van der Waals surface area contributed by atoms with Crippen molar-refractivity contribution in [2.45, 2.75) is 38.4 Å². The molecular weight excluding hydrogens is 310 g/mol. The SMILES string of the molecule is CC(NC1CCN(Cc2ccccc2)CC1)C(=O)Nc1ccccc1. The zero-order valence-electron chi connectivity index (χ0n) is 14.8. The number of para-hydroxylation sites is 1. The highest BCUT2D eigenvalue weighted by Gasteiger charge is 2.22. The van der Waals surface area contributed by atoms with Crippen molar-refractivity contribution in [1.29, 1.82) is 0 Å². The Morgan fingerprint density at radius 1 is 1.04 bits per heavy atom. The number of carbonyl (C=O) groups is 1. The first-order valence-corrected chi connectivity index (χ1v) is 9.09. The van der Waals surface area contributed by atoms with Gasteiger partial charge in [-0.15, -0.1) is 0 Å². The second-order valence-electron chi connectivity index (χ2n) is 6.78. The quantitative estimate of drug-likeness (QED) is 0.850. The van der Waals surface area contributed by atoms with Gasteiger partial charge in [-0.05, 0) is 50.6 Å². The number of amides is 1. The van der Waals surface area contributed by atoms with E-state index in [1.807, 2.05) is 37.3 Å². The molecule has 0 aliphatic carbocycles. The first-order chi connectivity index (χ1) is 12.2. The van der Waals surface area contributed by atoms with Crippen molar-refractivity contribution in [3.05, 3.63) is 66.2 Å². The van der Waals surface area contributed by atoms with Crippen molar-refractivity contribution in [2.24, 2.45) is 0 Å². The number of benzene rings is 2. The molecule has 1 amide bonds. The number of piperidine rings is 1. The van der Waals surface area contributed by atoms with E-state index in [2.05, 4.69) is 45.9 Å². The molecule has 2 aromatic carbocycles. The molecule has 2 N–H and O–H groups in total. The molecule has 25 heavy (non-hydrogen) atoms. The van der Waals surface area contributed by atoms with Crippen LogP contribution in [0, 0.1) is 0 Å². The van der Waals surface area contributed by atoms with E-state index in [1.165, 1.54) is 5.56 Å². The zero-order valence-corrected chi connectivity index (χ0v) is 14.8. The topological polar surface area (TPSA) is 44.4 Å². The Hall–Kier alpha value is -2.17. The van der Waals surface area contributed by atoms with E-state index in [9.17, 15) is 4.79 Å². The lowest BCUT2D eigenvalue weighted by atomic mass is 10.0. The molecule has 1 fully saturated rings. The fourth-order valence-electron chi connectivity index (χ4n) is 3.30. The maximum atomic E-state index is 12.3. The summed E-state index contributed by atoms with van der Waals surface area (Å²) < 4.78 is 0. The fourth-order valence-corrected chi connectivity index (χ4v) is 3.30. The summed E-state index contributed by atoms with van der Waals surface area (Å²) in [6, 6.07) is 20.4. The number of nitrogens with one attached hydrogen (secondary N) is 2. The summed E-state index contributed by atoms with van der Waals surface area (Å²) in [5, 5.41) is 6.45. The fraction of sp³-hybridized carbons (Fsp3) is 0.381. The third kappa shape index (κ3) is 5.41. The average Bonchev–Trinajstić information content (AvgIpc) is 2.65. The van der Waals surface area contributed by atoms with Gasteiger partial charge in [-0.1, -0.05) is 48.5 Å². The summed E-state index contributed by atoms with van der Waals surface area (Å²) in [6.45, 7) is 5.09. The molecule has 0 aromatic heterocycles. The molecule has 3 rings (SSSR count). The molecule has 4 nitrogen and oxygen atoms in total. The monoisotopic (exact) mass is 337 g/mol. The average molecular weight is 337 g/mol. The van der Waals surface area contributed by atoms with Gasteiger partial charge in [-0.25, -0.2) is 0 Å². The summed E-state index contributed by atoms with van der Waals surface area (Å²) >= 11 is 0. The van der Waals surface area contributed by atoms with Gasteiger partial charge in [0.1, 0.15) is 0 Å². The van der Waals surface area contributed by atoms with Crippen LogP contribution in [-0.2, 0) is 11.3 Å². The first kappa shape index (κ1) is 17.6. The van der Waals surface area contributed by atoms with Gasteiger partial charge >= 0.3 is 0 Å². The Morgan fingerprint density at radius 2 is 1.64 bits per heavy atom. The van der Waals surface area contributed by atoms with Crippen LogP contribution in [0.5, 0.6) is 0 Å². The van der Waals surface area contributed by atoms with Gasteiger partial charge in [0.25, 0.3) is 0 Å². The number of rotatable bonds is 6. The maximum absolute atomic E-state index is 12.3. The van der Waals surface area contributed by atoms with Gasteiger partial charge < -0.3 is 10.6 Å². The van der Waals surface area contributed by atoms with Crippen molar-refractivity contribution < 1.29 is 4.79 Å². The molecular formula is C21H27N3O. The Balaban J connectivity index is 1.41. The third-order valence-electron chi connectivity index (χ3n) is 4.76. The highest BCUT2D eigenvalue weighted by Crippen LogP contribution is 2.14. The van der Waals surface area contributed by atoms with E-state index < -0.39 is 0 Å². The van der Waals surface area contributed by atoms with Crippen LogP contribution in [0.2, 0.25) is 0 Å². The molecule has 4 heteroatoms. The van der Waals surface area contributed by atoms with Crippen molar-refractivity contribution in [3.63, 3.8) is 0 Å². The Kier molecular flexibility index (Phi) is 6.20. The van der Waals surface area contributed by atoms with Crippen LogP contribution in [0.15, 0.2) is 60.7 Å². The molecule has 132 valence electrons. The summed E-state index contributed by atoms with van der Waals surface area (Å²) in [5.41, 5.74) is 2.21. The molecule has 1 unspecified atom stereocenters. The van der Waals surface area contributed by atoms with E-state index in [1.54, 1.807) is 0 Å². The van der Waals surface area contributed by atoms with E-state index >= 15 is 0 Å². The van der Waals surface area contributed by atoms with Crippen molar-refractivity contribution in [2.75, 3.05) is 18.4 Å². The molecule has 0 bridgehead atoms. The predicted molar refractivity (Wildman–Crippen MR) is 102 cm³/mol. The molecule has 1 aliphatic rings. The first-order valence-electron chi connectivity index (χ1n) is 9.09. The van der Waals surface area contributed by atoms with Crippen LogP contribution in [-0.4, -0.2) is 36.0 Å². The highest BCUT2D eigenvalue weighted by molar-refractivity contribution is 5.94. The molecule has 0 saturated carbocycles. The number of likely N-dealkylation sites (tertiary alicyclic amines) is 1. The second kappa shape index (κ2) is 8.79. The van der Waals surface area contributed by atoms with Gasteiger partial charge in [0, 0.05) is 18.3 Å². The number of anilines is 1. The van der Waals surface area contributed by atoms with Gasteiger partial charge in [-0.2, -0.15) is 0 Å². The molecule has 1 aliphatic heterocycles. The lowest BCUT2D eigenvalue weighted by Gasteiger charge is -2.33. The van der Waals surface area contributed by atoms with E-state index in [0.717, 1.165) is 38.2 Å². The van der Waals surface area contributed by atoms with Crippen LogP contribution in [0.4, 0.5) is 5.69 Å². The lowest BCUT2D eigenvalue weighted by Crippen LogP contribution is -2.48. The number of nitrogens with zero attached hydrogens (tertiary/aromatic N) is 1. The Morgan fingerprint density at radius 3 is 2.28 bits per heavy atom. The minimum atomic E-state index is -0.189. The van der Waals surface area contributed by atoms with Crippen LogP contribution < -0.4 is 10.6 Å². The standard InChI is InChI=1S/C21H27N3O/c1-17(21(25)23-19-10-6-3-7-11-19)22-20-12-14-24(15-13-20)16-18-8-4-2-5-9-18/h2-11,17,20,22H,12-16H2,1H3,(H,23,25). The van der Waals surface area contributed by atoms with E-state index in [4.69, 9.17) is 0 Å². The largest absolute Gasteiger partial charge is 0.325 e. The van der Waals surface area contributed by atoms with Crippen molar-refractivity contribution in [1.82, 2.24) is 10.2 Å². The van der Waals surface area contributed by atoms with Gasteiger partial charge in [-0.3, -0.25) is 9.69 Å². The Bertz CT molecular complexity index is 651. The predicted octanol–water partition coefficient (Wildman–Crippen LogP) is 3.27. The highest BCUT2D eigenvalue weighted by atomic mass is 16.2. The molecule has 1 heterocycles. The van der Waals surface area contributed by atoms with E-state index in [0.29, 0.717) is 6.04 Å². The van der Waals surface area contributed by atoms with Gasteiger partial charge in [0.15, 0.2) is 0 Å². The van der Waals surface area contributed by atoms with Crippen LogP contribution >= 0.6 is 0 Å². The lowest BCUT2D eigenvalue weighted by molar-refractivity contribution is -0.118. The minimum absolute atomic E-state index is 0.0258. The van der Waals surface area contributed by atoms with Gasteiger partial charge in [0.2, 0.25) is 5.91 Å². The zero-order chi connectivity index (χ0) is 17.5. The van der Waals surface area contributed by atoms with Gasteiger partial charge in [0.05, 0.1) is 6.04 Å². The van der Waals surface area contributed by atoms with Crippen molar-refractivity contribution >= 4 is 11.6 Å². The third-order valence-corrected chi connectivity index (χ3v) is 4.76. The maximum Gasteiger partial charge on any atom is 0.241 e. The number of carbonyl (C=O) groups excluding carboxylic acids is 1. The second-order valence-corrected chi connectivity index (χ2v) is 6.78.